The normalized spacial score (nSPS) is 12.5. The summed E-state index contributed by atoms with van der Waals surface area (Å²) in [5.41, 5.74) is 0.112. The molecular formula is C16H14F3N5O2S. The first-order valence-corrected chi connectivity index (χ1v) is 9.08. The van der Waals surface area contributed by atoms with E-state index in [9.17, 15) is 21.6 Å². The molecule has 0 atom stereocenters. The van der Waals surface area contributed by atoms with Crippen molar-refractivity contribution in [1.29, 1.82) is 0 Å². The van der Waals surface area contributed by atoms with Crippen LogP contribution in [0.25, 0.3) is 5.69 Å². The summed E-state index contributed by atoms with van der Waals surface area (Å²) < 4.78 is 65.8. The van der Waals surface area contributed by atoms with Crippen LogP contribution in [-0.2, 0) is 22.7 Å². The van der Waals surface area contributed by atoms with Crippen molar-refractivity contribution in [1.82, 2.24) is 24.5 Å². The fourth-order valence-electron chi connectivity index (χ4n) is 2.39. The molecule has 2 aromatic carbocycles. The topological polar surface area (TPSA) is 81.0 Å². The average Bonchev–Trinajstić information content (AvgIpc) is 3.16. The van der Waals surface area contributed by atoms with Crippen LogP contribution in [-0.4, -0.2) is 40.0 Å². The summed E-state index contributed by atoms with van der Waals surface area (Å²) in [5, 5.41) is 10.7. The van der Waals surface area contributed by atoms with Crippen molar-refractivity contribution in [2.75, 3.05) is 7.05 Å². The van der Waals surface area contributed by atoms with Crippen LogP contribution in [0.15, 0.2) is 59.8 Å². The van der Waals surface area contributed by atoms with E-state index in [1.807, 2.05) is 0 Å². The molecular weight excluding hydrogens is 383 g/mol. The quantitative estimate of drug-likeness (QED) is 0.661. The highest BCUT2D eigenvalue weighted by molar-refractivity contribution is 7.89. The van der Waals surface area contributed by atoms with E-state index >= 15 is 0 Å². The van der Waals surface area contributed by atoms with Gasteiger partial charge in [-0.05, 0) is 46.3 Å². The number of hydrogen-bond donors (Lipinski definition) is 0. The van der Waals surface area contributed by atoms with Crippen LogP contribution in [0.1, 0.15) is 11.1 Å². The van der Waals surface area contributed by atoms with Gasteiger partial charge in [0.25, 0.3) is 0 Å². The van der Waals surface area contributed by atoms with Gasteiger partial charge in [0, 0.05) is 13.6 Å². The van der Waals surface area contributed by atoms with Crippen molar-refractivity contribution in [2.24, 2.45) is 0 Å². The Kier molecular flexibility index (Phi) is 4.98. The van der Waals surface area contributed by atoms with E-state index in [-0.39, 0.29) is 11.4 Å². The maximum atomic E-state index is 12.8. The van der Waals surface area contributed by atoms with Crippen LogP contribution >= 0.6 is 0 Å². The molecule has 0 spiro atoms. The lowest BCUT2D eigenvalue weighted by Gasteiger charge is -2.18. The lowest BCUT2D eigenvalue weighted by molar-refractivity contribution is -0.137. The van der Waals surface area contributed by atoms with Crippen LogP contribution in [0.3, 0.4) is 0 Å². The van der Waals surface area contributed by atoms with E-state index in [0.29, 0.717) is 11.3 Å². The number of rotatable bonds is 5. The Morgan fingerprint density at radius 2 is 1.81 bits per heavy atom. The first kappa shape index (κ1) is 19.0. The number of benzene rings is 2. The van der Waals surface area contributed by atoms with Gasteiger partial charge >= 0.3 is 6.18 Å². The van der Waals surface area contributed by atoms with E-state index in [2.05, 4.69) is 15.5 Å². The van der Waals surface area contributed by atoms with Gasteiger partial charge in [-0.3, -0.25) is 0 Å². The molecule has 0 amide bonds. The van der Waals surface area contributed by atoms with Crippen molar-refractivity contribution in [2.45, 2.75) is 17.6 Å². The van der Waals surface area contributed by atoms with E-state index in [1.165, 1.54) is 42.3 Å². The third kappa shape index (κ3) is 4.14. The summed E-state index contributed by atoms with van der Waals surface area (Å²) in [7, 11) is -2.50. The molecule has 0 N–H and O–H groups in total. The SMILES string of the molecule is CN(Cc1ccc(C(F)(F)F)cc1)S(=O)(=O)c1cccc(-n2cnnn2)c1. The van der Waals surface area contributed by atoms with Gasteiger partial charge in [-0.15, -0.1) is 5.10 Å². The summed E-state index contributed by atoms with van der Waals surface area (Å²) in [5.74, 6) is 0. The Morgan fingerprint density at radius 3 is 2.41 bits per heavy atom. The van der Waals surface area contributed by atoms with Gasteiger partial charge in [-0.2, -0.15) is 17.5 Å². The van der Waals surface area contributed by atoms with Gasteiger partial charge in [-0.1, -0.05) is 18.2 Å². The Morgan fingerprint density at radius 1 is 1.11 bits per heavy atom. The molecule has 0 saturated heterocycles. The molecule has 0 aliphatic carbocycles. The summed E-state index contributed by atoms with van der Waals surface area (Å²) >= 11 is 0. The minimum atomic E-state index is -4.44. The minimum absolute atomic E-state index is 0.0184. The standard InChI is InChI=1S/C16H14F3N5O2S/c1-23(10-12-5-7-13(8-6-12)16(17,18)19)27(25,26)15-4-2-3-14(9-15)24-11-20-21-22-24/h2-9,11H,10H2,1H3. The number of halogens is 3. The van der Waals surface area contributed by atoms with Crippen LogP contribution in [0.2, 0.25) is 0 Å². The Bertz CT molecular complexity index is 1020. The second-order valence-electron chi connectivity index (χ2n) is 5.71. The van der Waals surface area contributed by atoms with Gasteiger partial charge in [0.1, 0.15) is 6.33 Å². The van der Waals surface area contributed by atoms with Gasteiger partial charge < -0.3 is 0 Å². The summed E-state index contributed by atoms with van der Waals surface area (Å²) in [6, 6.07) is 10.4. The molecule has 0 unspecified atom stereocenters. The molecule has 0 radical (unpaired) electrons. The van der Waals surface area contributed by atoms with Crippen LogP contribution < -0.4 is 0 Å². The molecule has 0 aliphatic heterocycles. The molecule has 0 bridgehead atoms. The number of nitrogens with zero attached hydrogens (tertiary/aromatic N) is 5. The van der Waals surface area contributed by atoms with Crippen LogP contribution in [0, 0.1) is 0 Å². The fourth-order valence-corrected chi connectivity index (χ4v) is 3.59. The Hall–Kier alpha value is -2.79. The van der Waals surface area contributed by atoms with Crippen LogP contribution in [0.5, 0.6) is 0 Å². The lowest BCUT2D eigenvalue weighted by atomic mass is 10.1. The second-order valence-corrected chi connectivity index (χ2v) is 7.75. The van der Waals surface area contributed by atoms with Gasteiger partial charge in [-0.25, -0.2) is 13.1 Å². The number of hydrogen-bond acceptors (Lipinski definition) is 5. The molecule has 1 aromatic heterocycles. The van der Waals surface area contributed by atoms with Gasteiger partial charge in [0.2, 0.25) is 10.0 Å². The zero-order chi connectivity index (χ0) is 19.7. The highest BCUT2D eigenvalue weighted by Crippen LogP contribution is 2.29. The van der Waals surface area contributed by atoms with Crippen molar-refractivity contribution in [3.05, 3.63) is 66.0 Å². The molecule has 11 heteroatoms. The monoisotopic (exact) mass is 397 g/mol. The molecule has 3 aromatic rings. The summed E-state index contributed by atoms with van der Waals surface area (Å²) in [4.78, 5) is 0.0184. The molecule has 0 fully saturated rings. The highest BCUT2D eigenvalue weighted by atomic mass is 32.2. The van der Waals surface area contributed by atoms with E-state index in [4.69, 9.17) is 0 Å². The number of alkyl halides is 3. The summed E-state index contributed by atoms with van der Waals surface area (Å²) in [6.07, 6.45) is -3.11. The Labute approximate surface area is 153 Å². The molecule has 3 rings (SSSR count). The smallest absolute Gasteiger partial charge is 0.207 e. The molecule has 27 heavy (non-hydrogen) atoms. The molecule has 142 valence electrons. The van der Waals surface area contributed by atoms with E-state index < -0.39 is 21.8 Å². The maximum Gasteiger partial charge on any atom is 0.416 e. The zero-order valence-electron chi connectivity index (χ0n) is 14.0. The fraction of sp³-hybridized carbons (Fsp3) is 0.188. The Balaban J connectivity index is 1.82. The minimum Gasteiger partial charge on any atom is -0.207 e. The third-order valence-electron chi connectivity index (χ3n) is 3.83. The van der Waals surface area contributed by atoms with Crippen molar-refractivity contribution in [3.63, 3.8) is 0 Å². The number of sulfonamides is 1. The molecule has 7 nitrogen and oxygen atoms in total. The van der Waals surface area contributed by atoms with Crippen molar-refractivity contribution in [3.8, 4) is 5.69 Å². The first-order chi connectivity index (χ1) is 12.7. The lowest BCUT2D eigenvalue weighted by Crippen LogP contribution is -2.26. The van der Waals surface area contributed by atoms with E-state index in [1.54, 1.807) is 12.1 Å². The summed E-state index contributed by atoms with van der Waals surface area (Å²) in [6.45, 7) is -0.0738. The number of aromatic nitrogens is 4. The second kappa shape index (κ2) is 7.08. The molecule has 1 heterocycles. The average molecular weight is 397 g/mol. The zero-order valence-corrected chi connectivity index (χ0v) is 14.8. The van der Waals surface area contributed by atoms with Crippen LogP contribution in [0.4, 0.5) is 13.2 Å². The third-order valence-corrected chi connectivity index (χ3v) is 5.63. The predicted molar refractivity (Wildman–Crippen MR) is 89.3 cm³/mol. The van der Waals surface area contributed by atoms with E-state index in [0.717, 1.165) is 16.4 Å². The predicted octanol–water partition coefficient (Wildman–Crippen LogP) is 2.50. The van der Waals surface area contributed by atoms with Gasteiger partial charge in [0.15, 0.2) is 0 Å². The largest absolute Gasteiger partial charge is 0.416 e. The molecule has 0 saturated carbocycles. The van der Waals surface area contributed by atoms with Crippen molar-refractivity contribution >= 4 is 10.0 Å². The number of tetrazole rings is 1. The first-order valence-electron chi connectivity index (χ1n) is 7.64. The molecule has 0 aliphatic rings. The van der Waals surface area contributed by atoms with Crippen molar-refractivity contribution < 1.29 is 21.6 Å². The maximum absolute atomic E-state index is 12.8. The highest BCUT2D eigenvalue weighted by Gasteiger charge is 2.30. The van der Waals surface area contributed by atoms with Gasteiger partial charge in [0.05, 0.1) is 16.1 Å².